The van der Waals surface area contributed by atoms with Gasteiger partial charge in [-0.3, -0.25) is 9.59 Å². The Hall–Kier alpha value is -1.46. The normalized spacial score (nSPS) is 10.1. The number of benzene rings is 1. The van der Waals surface area contributed by atoms with Crippen molar-refractivity contribution in [3.63, 3.8) is 0 Å². The summed E-state index contributed by atoms with van der Waals surface area (Å²) < 4.78 is 9.80. The van der Waals surface area contributed by atoms with Crippen LogP contribution in [-0.2, 0) is 9.53 Å². The van der Waals surface area contributed by atoms with Crippen molar-refractivity contribution in [3.05, 3.63) is 27.7 Å². The van der Waals surface area contributed by atoms with Gasteiger partial charge in [-0.2, -0.15) is 0 Å². The highest BCUT2D eigenvalue weighted by Crippen LogP contribution is 2.33. The summed E-state index contributed by atoms with van der Waals surface area (Å²) in [6.07, 6.45) is 0.764. The number of amides is 1. The van der Waals surface area contributed by atoms with E-state index in [4.69, 9.17) is 32.7 Å². The molecule has 1 N–H and O–H groups in total. The van der Waals surface area contributed by atoms with Crippen LogP contribution in [0.2, 0.25) is 10.0 Å². The number of carbonyl (C=O) groups excluding carboxylic acids is 2. The Balaban J connectivity index is 2.51. The number of hydrogen-bond acceptors (Lipinski definition) is 4. The highest BCUT2D eigenvalue weighted by molar-refractivity contribution is 6.37. The summed E-state index contributed by atoms with van der Waals surface area (Å²) in [6, 6.07) is 2.96. The number of halogens is 2. The van der Waals surface area contributed by atoms with E-state index in [1.54, 1.807) is 6.92 Å². The van der Waals surface area contributed by atoms with E-state index in [1.165, 1.54) is 19.2 Å². The van der Waals surface area contributed by atoms with Gasteiger partial charge in [0.2, 0.25) is 0 Å². The molecule has 5 nitrogen and oxygen atoms in total. The van der Waals surface area contributed by atoms with Crippen molar-refractivity contribution in [2.45, 2.75) is 19.8 Å². The van der Waals surface area contributed by atoms with Gasteiger partial charge in [0.1, 0.15) is 0 Å². The molecule has 0 fully saturated rings. The van der Waals surface area contributed by atoms with Crippen molar-refractivity contribution >= 4 is 35.1 Å². The summed E-state index contributed by atoms with van der Waals surface area (Å²) in [5.74, 6) is -0.259. The van der Waals surface area contributed by atoms with Crippen LogP contribution in [0.15, 0.2) is 12.1 Å². The van der Waals surface area contributed by atoms with Gasteiger partial charge in [-0.1, -0.05) is 23.2 Å². The monoisotopic (exact) mass is 333 g/mol. The number of esters is 1. The number of methoxy groups -OCH3 is 1. The molecule has 0 radical (unpaired) electrons. The SMILES string of the molecule is CCOC(=O)CCCNC(=O)c1cc(Cl)c(OC)c(Cl)c1. The van der Waals surface area contributed by atoms with Gasteiger partial charge in [0, 0.05) is 18.5 Å². The zero-order chi connectivity index (χ0) is 15.8. The molecule has 0 unspecified atom stereocenters. The van der Waals surface area contributed by atoms with Gasteiger partial charge in [-0.05, 0) is 25.5 Å². The lowest BCUT2D eigenvalue weighted by atomic mass is 10.2. The molecule has 7 heteroatoms. The maximum absolute atomic E-state index is 11.9. The Morgan fingerprint density at radius 3 is 2.38 bits per heavy atom. The third-order valence-electron chi connectivity index (χ3n) is 2.61. The van der Waals surface area contributed by atoms with Crippen LogP contribution >= 0.6 is 23.2 Å². The number of carbonyl (C=O) groups is 2. The fraction of sp³-hybridized carbons (Fsp3) is 0.429. The fourth-order valence-corrected chi connectivity index (χ4v) is 2.30. The van der Waals surface area contributed by atoms with Gasteiger partial charge in [0.25, 0.3) is 5.91 Å². The minimum atomic E-state index is -0.315. The molecule has 0 saturated heterocycles. The van der Waals surface area contributed by atoms with Crippen LogP contribution in [0.3, 0.4) is 0 Å². The minimum absolute atomic E-state index is 0.262. The van der Waals surface area contributed by atoms with E-state index >= 15 is 0 Å². The van der Waals surface area contributed by atoms with Gasteiger partial charge in [-0.15, -0.1) is 0 Å². The van der Waals surface area contributed by atoms with Gasteiger partial charge in [-0.25, -0.2) is 0 Å². The Labute approximate surface area is 133 Å². The van der Waals surface area contributed by atoms with Crippen LogP contribution in [0.1, 0.15) is 30.1 Å². The van der Waals surface area contributed by atoms with Crippen molar-refractivity contribution in [1.82, 2.24) is 5.32 Å². The lowest BCUT2D eigenvalue weighted by molar-refractivity contribution is -0.143. The highest BCUT2D eigenvalue weighted by atomic mass is 35.5. The molecule has 0 aromatic heterocycles. The standard InChI is InChI=1S/C14H17Cl2NO4/c1-3-21-12(18)5-4-6-17-14(19)9-7-10(15)13(20-2)11(16)8-9/h7-8H,3-6H2,1-2H3,(H,17,19). The van der Waals surface area contributed by atoms with Gasteiger partial charge in [0.05, 0.1) is 23.8 Å². The van der Waals surface area contributed by atoms with Crippen molar-refractivity contribution in [2.24, 2.45) is 0 Å². The minimum Gasteiger partial charge on any atom is -0.494 e. The van der Waals surface area contributed by atoms with Crippen LogP contribution in [0.5, 0.6) is 5.75 Å². The second-order valence-electron chi connectivity index (χ2n) is 4.14. The molecule has 116 valence electrons. The lowest BCUT2D eigenvalue weighted by Crippen LogP contribution is -2.25. The first-order chi connectivity index (χ1) is 9.99. The molecule has 0 saturated carbocycles. The maximum Gasteiger partial charge on any atom is 0.305 e. The zero-order valence-corrected chi connectivity index (χ0v) is 13.4. The van der Waals surface area contributed by atoms with E-state index in [1.807, 2.05) is 0 Å². The van der Waals surface area contributed by atoms with Crippen molar-refractivity contribution in [2.75, 3.05) is 20.3 Å². The molecule has 0 bridgehead atoms. The molecule has 0 heterocycles. The Morgan fingerprint density at radius 2 is 1.86 bits per heavy atom. The van der Waals surface area contributed by atoms with Crippen LogP contribution in [-0.4, -0.2) is 32.1 Å². The molecule has 1 amide bonds. The lowest BCUT2D eigenvalue weighted by Gasteiger charge is -2.09. The van der Waals surface area contributed by atoms with Crippen LogP contribution < -0.4 is 10.1 Å². The molecule has 0 spiro atoms. The zero-order valence-electron chi connectivity index (χ0n) is 11.9. The molecule has 1 rings (SSSR count). The molecule has 1 aromatic carbocycles. The third-order valence-corrected chi connectivity index (χ3v) is 3.17. The Bertz CT molecular complexity index is 497. The van der Waals surface area contributed by atoms with E-state index in [-0.39, 0.29) is 28.3 Å². The van der Waals surface area contributed by atoms with E-state index in [9.17, 15) is 9.59 Å². The van der Waals surface area contributed by atoms with Crippen LogP contribution in [0.4, 0.5) is 0 Å². The first-order valence-electron chi connectivity index (χ1n) is 6.46. The molecule has 0 aliphatic heterocycles. The van der Waals surface area contributed by atoms with Crippen LogP contribution in [0, 0.1) is 0 Å². The summed E-state index contributed by atoms with van der Waals surface area (Å²) in [6.45, 7) is 2.46. The summed E-state index contributed by atoms with van der Waals surface area (Å²) in [4.78, 5) is 23.1. The molecular formula is C14H17Cl2NO4. The van der Waals surface area contributed by atoms with E-state index in [0.717, 1.165) is 0 Å². The quantitative estimate of drug-likeness (QED) is 0.615. The van der Waals surface area contributed by atoms with Gasteiger partial charge < -0.3 is 14.8 Å². The smallest absolute Gasteiger partial charge is 0.305 e. The van der Waals surface area contributed by atoms with Gasteiger partial charge in [0.15, 0.2) is 5.75 Å². The topological polar surface area (TPSA) is 64.6 Å². The highest BCUT2D eigenvalue weighted by Gasteiger charge is 2.13. The average Bonchev–Trinajstić information content (AvgIpc) is 2.43. The molecule has 0 aliphatic rings. The van der Waals surface area contributed by atoms with E-state index < -0.39 is 0 Å². The average molecular weight is 334 g/mol. The molecule has 21 heavy (non-hydrogen) atoms. The van der Waals surface area contributed by atoms with E-state index in [2.05, 4.69) is 5.32 Å². The second-order valence-corrected chi connectivity index (χ2v) is 4.95. The predicted molar refractivity (Wildman–Crippen MR) is 81.2 cm³/mol. The maximum atomic E-state index is 11.9. The van der Waals surface area contributed by atoms with Crippen molar-refractivity contribution < 1.29 is 19.1 Å². The predicted octanol–water partition coefficient (Wildman–Crippen LogP) is 3.08. The Kier molecular flexibility index (Phi) is 7.32. The van der Waals surface area contributed by atoms with E-state index in [0.29, 0.717) is 30.9 Å². The van der Waals surface area contributed by atoms with Crippen LogP contribution in [0.25, 0.3) is 0 Å². The first-order valence-corrected chi connectivity index (χ1v) is 7.22. The summed E-state index contributed by atoms with van der Waals surface area (Å²) >= 11 is 11.9. The molecule has 1 aromatic rings. The fourth-order valence-electron chi connectivity index (χ4n) is 1.66. The Morgan fingerprint density at radius 1 is 1.24 bits per heavy atom. The number of nitrogens with one attached hydrogen (secondary N) is 1. The third kappa shape index (κ3) is 5.44. The first kappa shape index (κ1) is 17.6. The molecule has 0 aliphatic carbocycles. The van der Waals surface area contributed by atoms with Crippen molar-refractivity contribution in [3.8, 4) is 5.75 Å². The molecule has 0 atom stereocenters. The number of hydrogen-bond donors (Lipinski definition) is 1. The summed E-state index contributed by atoms with van der Waals surface area (Å²) in [7, 11) is 1.45. The summed E-state index contributed by atoms with van der Waals surface area (Å²) in [5.41, 5.74) is 0.335. The van der Waals surface area contributed by atoms with Crippen molar-refractivity contribution in [1.29, 1.82) is 0 Å². The second kappa shape index (κ2) is 8.74. The molecular weight excluding hydrogens is 317 g/mol. The number of ether oxygens (including phenoxy) is 2. The largest absolute Gasteiger partial charge is 0.494 e. The summed E-state index contributed by atoms with van der Waals surface area (Å²) in [5, 5.41) is 3.21. The number of rotatable bonds is 7. The van der Waals surface area contributed by atoms with Gasteiger partial charge >= 0.3 is 5.97 Å².